The van der Waals surface area contributed by atoms with Crippen molar-refractivity contribution in [1.82, 2.24) is 0 Å². The van der Waals surface area contributed by atoms with Crippen molar-refractivity contribution >= 4 is 5.69 Å². The Morgan fingerprint density at radius 1 is 1.35 bits per heavy atom. The predicted molar refractivity (Wildman–Crippen MR) is 64.3 cm³/mol. The maximum atomic E-state index is 13.2. The summed E-state index contributed by atoms with van der Waals surface area (Å²) in [5.41, 5.74) is 6.15. The molecule has 2 N–H and O–H groups in total. The van der Waals surface area contributed by atoms with Crippen LogP contribution in [0, 0.1) is 21.8 Å². The number of nitro groups is 1. The summed E-state index contributed by atoms with van der Waals surface area (Å²) in [7, 11) is 0. The van der Waals surface area contributed by atoms with Crippen LogP contribution in [0.25, 0.3) is 0 Å². The van der Waals surface area contributed by atoms with Crippen LogP contribution in [0.3, 0.4) is 0 Å². The monoisotopic (exact) mass is 240 g/mol. The average Bonchev–Trinajstić information content (AvgIpc) is 2.15. The minimum Gasteiger partial charge on any atom is -0.327 e. The average molecular weight is 240 g/mol. The van der Waals surface area contributed by atoms with Crippen LogP contribution in [0.4, 0.5) is 10.1 Å². The zero-order valence-corrected chi connectivity index (χ0v) is 10.2. The van der Waals surface area contributed by atoms with Gasteiger partial charge in [0, 0.05) is 23.6 Å². The molecule has 2 atom stereocenters. The van der Waals surface area contributed by atoms with Crippen LogP contribution >= 0.6 is 0 Å². The first-order chi connectivity index (χ1) is 7.84. The maximum absolute atomic E-state index is 13.2. The molecular formula is C12H17FN2O2. The lowest BCUT2D eigenvalue weighted by atomic mass is 9.82. The third-order valence-corrected chi connectivity index (χ3v) is 2.83. The van der Waals surface area contributed by atoms with E-state index in [-0.39, 0.29) is 23.6 Å². The van der Waals surface area contributed by atoms with Crippen molar-refractivity contribution in [3.05, 3.63) is 39.7 Å². The van der Waals surface area contributed by atoms with Gasteiger partial charge < -0.3 is 5.73 Å². The SMILES string of the molecule is CC(C)C(c1cc(F)ccc1[N+](=O)[O-])C(C)N. The van der Waals surface area contributed by atoms with Crippen LogP contribution in [0.2, 0.25) is 0 Å². The van der Waals surface area contributed by atoms with Crippen LogP contribution in [0.15, 0.2) is 18.2 Å². The van der Waals surface area contributed by atoms with E-state index in [1.807, 2.05) is 13.8 Å². The second-order valence-electron chi connectivity index (χ2n) is 4.59. The summed E-state index contributed by atoms with van der Waals surface area (Å²) in [6.07, 6.45) is 0. The second-order valence-corrected chi connectivity index (χ2v) is 4.59. The van der Waals surface area contributed by atoms with Gasteiger partial charge in [0.15, 0.2) is 0 Å². The van der Waals surface area contributed by atoms with Gasteiger partial charge >= 0.3 is 0 Å². The number of rotatable bonds is 4. The van der Waals surface area contributed by atoms with Gasteiger partial charge in [0.2, 0.25) is 0 Å². The molecule has 0 saturated heterocycles. The first-order valence-corrected chi connectivity index (χ1v) is 5.54. The van der Waals surface area contributed by atoms with Crippen molar-refractivity contribution in [1.29, 1.82) is 0 Å². The van der Waals surface area contributed by atoms with Crippen molar-refractivity contribution in [3.63, 3.8) is 0 Å². The largest absolute Gasteiger partial charge is 0.327 e. The van der Waals surface area contributed by atoms with Gasteiger partial charge in [-0.2, -0.15) is 0 Å². The van der Waals surface area contributed by atoms with Crippen LogP contribution < -0.4 is 5.73 Å². The Kier molecular flexibility index (Phi) is 4.17. The van der Waals surface area contributed by atoms with Crippen LogP contribution in [0.1, 0.15) is 32.3 Å². The van der Waals surface area contributed by atoms with Gasteiger partial charge in [0.05, 0.1) is 4.92 Å². The summed E-state index contributed by atoms with van der Waals surface area (Å²) in [5.74, 6) is -0.599. The number of nitro benzene ring substituents is 1. The molecular weight excluding hydrogens is 223 g/mol. The van der Waals surface area contributed by atoms with E-state index in [1.54, 1.807) is 6.92 Å². The Morgan fingerprint density at radius 2 is 1.94 bits per heavy atom. The topological polar surface area (TPSA) is 69.2 Å². The van der Waals surface area contributed by atoms with Crippen LogP contribution in [-0.4, -0.2) is 11.0 Å². The van der Waals surface area contributed by atoms with Gasteiger partial charge in [-0.1, -0.05) is 13.8 Å². The second kappa shape index (κ2) is 5.23. The van der Waals surface area contributed by atoms with Crippen molar-refractivity contribution < 1.29 is 9.31 Å². The Balaban J connectivity index is 3.34. The molecule has 0 aliphatic rings. The number of nitrogens with two attached hydrogens (primary N) is 1. The summed E-state index contributed by atoms with van der Waals surface area (Å²) in [4.78, 5) is 10.4. The fourth-order valence-electron chi connectivity index (χ4n) is 2.21. The molecule has 1 rings (SSSR count). The number of benzene rings is 1. The zero-order valence-electron chi connectivity index (χ0n) is 10.2. The molecule has 0 amide bonds. The van der Waals surface area contributed by atoms with E-state index in [0.717, 1.165) is 6.07 Å². The minimum atomic E-state index is -0.494. The van der Waals surface area contributed by atoms with Crippen molar-refractivity contribution in [2.24, 2.45) is 11.7 Å². The lowest BCUT2D eigenvalue weighted by Crippen LogP contribution is -2.29. The normalized spacial score (nSPS) is 14.7. The van der Waals surface area contributed by atoms with Gasteiger partial charge in [-0.3, -0.25) is 10.1 Å². The zero-order chi connectivity index (χ0) is 13.2. The molecule has 0 saturated carbocycles. The van der Waals surface area contributed by atoms with Gasteiger partial charge in [0.1, 0.15) is 5.82 Å². The van der Waals surface area contributed by atoms with Crippen molar-refractivity contribution in [3.8, 4) is 0 Å². The first kappa shape index (κ1) is 13.6. The molecule has 0 fully saturated rings. The fraction of sp³-hybridized carbons (Fsp3) is 0.500. The molecule has 5 heteroatoms. The summed E-state index contributed by atoms with van der Waals surface area (Å²) in [6, 6.07) is 3.24. The lowest BCUT2D eigenvalue weighted by Gasteiger charge is -2.24. The molecule has 0 aromatic heterocycles. The molecule has 1 aromatic carbocycles. The molecule has 2 unspecified atom stereocenters. The Labute approximate surface area is 99.8 Å². The molecule has 0 aliphatic heterocycles. The standard InChI is InChI=1S/C12H17FN2O2/c1-7(2)12(8(3)14)10-6-9(13)4-5-11(10)15(16)17/h4-8,12H,14H2,1-3H3. The quantitative estimate of drug-likeness (QED) is 0.649. The van der Waals surface area contributed by atoms with E-state index in [9.17, 15) is 14.5 Å². The molecule has 4 nitrogen and oxygen atoms in total. The van der Waals surface area contributed by atoms with Gasteiger partial charge in [-0.25, -0.2) is 4.39 Å². The Morgan fingerprint density at radius 3 is 2.35 bits per heavy atom. The third kappa shape index (κ3) is 3.00. The van der Waals surface area contributed by atoms with E-state index in [2.05, 4.69) is 0 Å². The predicted octanol–water partition coefficient (Wildman–Crippen LogP) is 2.82. The highest BCUT2D eigenvalue weighted by Gasteiger charge is 2.27. The Hall–Kier alpha value is -1.49. The van der Waals surface area contributed by atoms with E-state index >= 15 is 0 Å². The summed E-state index contributed by atoms with van der Waals surface area (Å²) >= 11 is 0. The highest BCUT2D eigenvalue weighted by molar-refractivity contribution is 5.43. The van der Waals surface area contributed by atoms with Crippen molar-refractivity contribution in [2.45, 2.75) is 32.7 Å². The summed E-state index contributed by atoms with van der Waals surface area (Å²) < 4.78 is 13.2. The van der Waals surface area contributed by atoms with Crippen molar-refractivity contribution in [2.75, 3.05) is 0 Å². The molecule has 0 bridgehead atoms. The highest BCUT2D eigenvalue weighted by atomic mass is 19.1. The lowest BCUT2D eigenvalue weighted by molar-refractivity contribution is -0.385. The summed E-state index contributed by atoms with van der Waals surface area (Å²) in [5, 5.41) is 10.9. The number of hydrogen-bond acceptors (Lipinski definition) is 3. The van der Waals surface area contributed by atoms with E-state index < -0.39 is 10.7 Å². The minimum absolute atomic E-state index is 0.0672. The molecule has 0 aliphatic carbocycles. The fourth-order valence-corrected chi connectivity index (χ4v) is 2.21. The van der Waals surface area contributed by atoms with E-state index in [1.165, 1.54) is 12.1 Å². The molecule has 17 heavy (non-hydrogen) atoms. The van der Waals surface area contributed by atoms with E-state index in [4.69, 9.17) is 5.73 Å². The third-order valence-electron chi connectivity index (χ3n) is 2.83. The first-order valence-electron chi connectivity index (χ1n) is 5.54. The number of halogens is 1. The van der Waals surface area contributed by atoms with Crippen LogP contribution in [-0.2, 0) is 0 Å². The molecule has 0 radical (unpaired) electrons. The smallest absolute Gasteiger partial charge is 0.273 e. The number of nitrogens with zero attached hydrogens (tertiary/aromatic N) is 1. The molecule has 1 aromatic rings. The molecule has 0 spiro atoms. The van der Waals surface area contributed by atoms with Gasteiger partial charge in [-0.05, 0) is 25.0 Å². The van der Waals surface area contributed by atoms with E-state index in [0.29, 0.717) is 5.56 Å². The Bertz CT molecular complexity index is 411. The van der Waals surface area contributed by atoms with Crippen LogP contribution in [0.5, 0.6) is 0 Å². The maximum Gasteiger partial charge on any atom is 0.273 e. The molecule has 0 heterocycles. The summed E-state index contributed by atoms with van der Waals surface area (Å²) in [6.45, 7) is 5.62. The number of hydrogen-bond donors (Lipinski definition) is 1. The molecule has 94 valence electrons. The highest BCUT2D eigenvalue weighted by Crippen LogP contribution is 2.34. The van der Waals surface area contributed by atoms with Gasteiger partial charge in [0.25, 0.3) is 5.69 Å². The van der Waals surface area contributed by atoms with Gasteiger partial charge in [-0.15, -0.1) is 0 Å².